The Morgan fingerprint density at radius 3 is 2.26 bits per heavy atom. The molecule has 6 nitrogen and oxygen atoms in total. The van der Waals surface area contributed by atoms with E-state index in [1.54, 1.807) is 31.2 Å². The highest BCUT2D eigenvalue weighted by atomic mass is 35.5. The number of halogens is 1. The molecule has 23 heavy (non-hydrogen) atoms. The average molecular weight is 362 g/mol. The summed E-state index contributed by atoms with van der Waals surface area (Å²) in [5.41, 5.74) is 0.611. The van der Waals surface area contributed by atoms with Crippen molar-refractivity contribution in [2.45, 2.75) is 37.1 Å². The zero-order valence-corrected chi connectivity index (χ0v) is 15.0. The van der Waals surface area contributed by atoms with E-state index in [1.807, 2.05) is 7.05 Å². The first-order chi connectivity index (χ1) is 10.5. The molecule has 2 N–H and O–H groups in total. The van der Waals surface area contributed by atoms with Crippen LogP contribution >= 0.6 is 12.4 Å². The van der Waals surface area contributed by atoms with Gasteiger partial charge in [0, 0.05) is 31.2 Å². The smallest absolute Gasteiger partial charge is 0.243 e. The number of benzene rings is 1. The molecule has 1 saturated heterocycles. The lowest BCUT2D eigenvalue weighted by Gasteiger charge is -2.31. The standard InChI is InChI=1S/C15H23N3O3S.ClH/c1-3-15(19)17-13-4-6-14(7-5-13)22(20,21)18-10-8-12(16-2)9-11-18;/h4-7,12,16H,3,8-11H2,1-2H3,(H,17,19);1H. The highest BCUT2D eigenvalue weighted by molar-refractivity contribution is 7.89. The van der Waals surface area contributed by atoms with E-state index in [9.17, 15) is 13.2 Å². The Kier molecular flexibility index (Phi) is 7.47. The van der Waals surface area contributed by atoms with Gasteiger partial charge in [-0.25, -0.2) is 8.42 Å². The number of hydrogen-bond acceptors (Lipinski definition) is 4. The quantitative estimate of drug-likeness (QED) is 0.838. The molecule has 0 spiro atoms. The van der Waals surface area contributed by atoms with E-state index in [0.717, 1.165) is 12.8 Å². The van der Waals surface area contributed by atoms with E-state index < -0.39 is 10.0 Å². The summed E-state index contributed by atoms with van der Waals surface area (Å²) in [5.74, 6) is -0.0928. The van der Waals surface area contributed by atoms with Gasteiger partial charge in [-0.15, -0.1) is 12.4 Å². The van der Waals surface area contributed by atoms with Crippen LogP contribution in [0.15, 0.2) is 29.2 Å². The first-order valence-electron chi connectivity index (χ1n) is 7.54. The van der Waals surface area contributed by atoms with Crippen molar-refractivity contribution in [3.05, 3.63) is 24.3 Å². The highest BCUT2D eigenvalue weighted by Gasteiger charge is 2.28. The van der Waals surface area contributed by atoms with Gasteiger partial charge >= 0.3 is 0 Å². The van der Waals surface area contributed by atoms with Gasteiger partial charge in [-0.1, -0.05) is 6.92 Å². The molecule has 0 atom stereocenters. The first-order valence-corrected chi connectivity index (χ1v) is 8.98. The van der Waals surface area contributed by atoms with Crippen molar-refractivity contribution in [3.63, 3.8) is 0 Å². The van der Waals surface area contributed by atoms with Crippen LogP contribution in [0.2, 0.25) is 0 Å². The van der Waals surface area contributed by atoms with E-state index >= 15 is 0 Å². The van der Waals surface area contributed by atoms with Crippen molar-refractivity contribution in [2.75, 3.05) is 25.5 Å². The van der Waals surface area contributed by atoms with Crippen molar-refractivity contribution in [1.29, 1.82) is 0 Å². The lowest BCUT2D eigenvalue weighted by atomic mass is 10.1. The normalized spacial score (nSPS) is 16.6. The molecule has 0 aromatic heterocycles. The van der Waals surface area contributed by atoms with Crippen molar-refractivity contribution >= 4 is 34.0 Å². The molecule has 1 aromatic rings. The van der Waals surface area contributed by atoms with Gasteiger partial charge in [0.25, 0.3) is 0 Å². The number of amides is 1. The van der Waals surface area contributed by atoms with Gasteiger partial charge in [0.2, 0.25) is 15.9 Å². The third-order valence-electron chi connectivity index (χ3n) is 3.96. The molecule has 0 aliphatic carbocycles. The Labute approximate surface area is 144 Å². The van der Waals surface area contributed by atoms with E-state index in [0.29, 0.717) is 31.2 Å². The molecule has 1 fully saturated rings. The van der Waals surface area contributed by atoms with Crippen LogP contribution in [-0.2, 0) is 14.8 Å². The number of nitrogens with one attached hydrogen (secondary N) is 2. The maximum absolute atomic E-state index is 12.6. The number of carbonyl (C=O) groups is 1. The minimum Gasteiger partial charge on any atom is -0.326 e. The molecule has 0 saturated carbocycles. The van der Waals surface area contributed by atoms with Crippen LogP contribution in [-0.4, -0.2) is 44.8 Å². The third-order valence-corrected chi connectivity index (χ3v) is 5.87. The Balaban J connectivity index is 0.00000264. The van der Waals surface area contributed by atoms with Crippen LogP contribution in [0.3, 0.4) is 0 Å². The summed E-state index contributed by atoms with van der Waals surface area (Å²) in [6, 6.07) is 6.73. The monoisotopic (exact) mass is 361 g/mol. The van der Waals surface area contributed by atoms with Crippen molar-refractivity contribution in [3.8, 4) is 0 Å². The van der Waals surface area contributed by atoms with Gasteiger partial charge in [0.15, 0.2) is 0 Å². The SMILES string of the molecule is CCC(=O)Nc1ccc(S(=O)(=O)N2CCC(NC)CC2)cc1.Cl. The summed E-state index contributed by atoms with van der Waals surface area (Å²) in [5, 5.41) is 5.89. The average Bonchev–Trinajstić information content (AvgIpc) is 2.55. The van der Waals surface area contributed by atoms with Crippen molar-refractivity contribution in [2.24, 2.45) is 0 Å². The number of rotatable bonds is 5. The van der Waals surface area contributed by atoms with E-state index in [2.05, 4.69) is 10.6 Å². The van der Waals surface area contributed by atoms with Gasteiger partial charge in [-0.3, -0.25) is 4.79 Å². The zero-order chi connectivity index (χ0) is 16.2. The van der Waals surface area contributed by atoms with Gasteiger partial charge in [0.05, 0.1) is 4.90 Å². The Morgan fingerprint density at radius 2 is 1.78 bits per heavy atom. The minimum atomic E-state index is -3.45. The largest absolute Gasteiger partial charge is 0.326 e. The number of anilines is 1. The molecule has 1 heterocycles. The Bertz CT molecular complexity index is 611. The molecule has 0 bridgehead atoms. The molecule has 1 aromatic carbocycles. The van der Waals surface area contributed by atoms with Crippen LogP contribution in [0, 0.1) is 0 Å². The summed E-state index contributed by atoms with van der Waals surface area (Å²) in [6.45, 7) is 2.83. The fourth-order valence-corrected chi connectivity index (χ4v) is 3.96. The number of piperidine rings is 1. The van der Waals surface area contributed by atoms with Gasteiger partial charge in [0.1, 0.15) is 0 Å². The highest BCUT2D eigenvalue weighted by Crippen LogP contribution is 2.22. The fraction of sp³-hybridized carbons (Fsp3) is 0.533. The second kappa shape index (κ2) is 8.63. The van der Waals surface area contributed by atoms with Crippen molar-refractivity contribution < 1.29 is 13.2 Å². The third kappa shape index (κ3) is 4.91. The second-order valence-corrected chi connectivity index (χ2v) is 7.33. The van der Waals surface area contributed by atoms with E-state index in [-0.39, 0.29) is 23.2 Å². The minimum absolute atomic E-state index is 0. The molecular formula is C15H24ClN3O3S. The van der Waals surface area contributed by atoms with E-state index in [1.165, 1.54) is 4.31 Å². The molecule has 8 heteroatoms. The summed E-state index contributed by atoms with van der Waals surface area (Å²) < 4.78 is 26.7. The fourth-order valence-electron chi connectivity index (χ4n) is 2.49. The maximum atomic E-state index is 12.6. The van der Waals surface area contributed by atoms with Crippen LogP contribution in [0.5, 0.6) is 0 Å². The lowest BCUT2D eigenvalue weighted by molar-refractivity contribution is -0.115. The Morgan fingerprint density at radius 1 is 1.22 bits per heavy atom. The van der Waals surface area contributed by atoms with Gasteiger partial charge < -0.3 is 10.6 Å². The van der Waals surface area contributed by atoms with Crippen LogP contribution < -0.4 is 10.6 Å². The Hall–Kier alpha value is -1.15. The molecule has 0 radical (unpaired) electrons. The summed E-state index contributed by atoms with van der Waals surface area (Å²) in [6.07, 6.45) is 2.03. The topological polar surface area (TPSA) is 78.5 Å². The first kappa shape index (κ1) is 19.9. The molecule has 1 aliphatic rings. The lowest BCUT2D eigenvalue weighted by Crippen LogP contribution is -2.43. The maximum Gasteiger partial charge on any atom is 0.243 e. The summed E-state index contributed by atoms with van der Waals surface area (Å²) in [7, 11) is -1.55. The van der Waals surface area contributed by atoms with Gasteiger partial charge in [-0.05, 0) is 44.2 Å². The molecule has 2 rings (SSSR count). The molecular weight excluding hydrogens is 338 g/mol. The predicted molar refractivity (Wildman–Crippen MR) is 93.5 cm³/mol. The molecule has 130 valence electrons. The summed E-state index contributed by atoms with van der Waals surface area (Å²) >= 11 is 0. The van der Waals surface area contributed by atoms with Crippen molar-refractivity contribution in [1.82, 2.24) is 9.62 Å². The van der Waals surface area contributed by atoms with Crippen LogP contribution in [0.1, 0.15) is 26.2 Å². The van der Waals surface area contributed by atoms with E-state index in [4.69, 9.17) is 0 Å². The number of hydrogen-bond donors (Lipinski definition) is 2. The zero-order valence-electron chi connectivity index (χ0n) is 13.4. The molecule has 0 unspecified atom stereocenters. The molecule has 1 aliphatic heterocycles. The second-order valence-electron chi connectivity index (χ2n) is 5.39. The van der Waals surface area contributed by atoms with Gasteiger partial charge in [-0.2, -0.15) is 4.31 Å². The van der Waals surface area contributed by atoms with Crippen LogP contribution in [0.25, 0.3) is 0 Å². The predicted octanol–water partition coefficient (Wildman–Crippen LogP) is 1.83. The summed E-state index contributed by atoms with van der Waals surface area (Å²) in [4.78, 5) is 11.6. The van der Waals surface area contributed by atoms with Crippen LogP contribution in [0.4, 0.5) is 5.69 Å². The number of carbonyl (C=O) groups excluding carboxylic acids is 1. The number of sulfonamides is 1. The molecule has 1 amide bonds. The number of nitrogens with zero attached hydrogens (tertiary/aromatic N) is 1.